The van der Waals surface area contributed by atoms with Gasteiger partial charge in [0.15, 0.2) is 5.76 Å². The summed E-state index contributed by atoms with van der Waals surface area (Å²) in [4.78, 5) is 18.2. The Balaban J connectivity index is 2.55. The predicted octanol–water partition coefficient (Wildman–Crippen LogP) is 1.74. The van der Waals surface area contributed by atoms with Gasteiger partial charge < -0.3 is 14.1 Å². The normalized spacial score (nSPS) is 12.0. The van der Waals surface area contributed by atoms with Crippen LogP contribution in [-0.4, -0.2) is 50.1 Å². The number of hydrogen-bond acceptors (Lipinski definition) is 5. The topological polar surface area (TPSA) is 67.1 Å². The van der Waals surface area contributed by atoms with E-state index in [1.807, 2.05) is 27.9 Å². The molecule has 1 N–H and O–H groups in total. The van der Waals surface area contributed by atoms with E-state index in [9.17, 15) is 4.79 Å². The standard InChI is InChI=1S/C14H23N3O3/c1-11(2)20-14(15-8-6-9-17(3)4)16-13(18)12-7-5-10-19-12/h5,7,10-11H,6,8-9H2,1-4H3,(H,15,16,18). The van der Waals surface area contributed by atoms with Gasteiger partial charge in [-0.3, -0.25) is 10.1 Å². The molecule has 0 aliphatic heterocycles. The number of rotatable bonds is 6. The maximum absolute atomic E-state index is 11.9. The van der Waals surface area contributed by atoms with Crippen LogP contribution in [0.15, 0.2) is 27.8 Å². The fourth-order valence-electron chi connectivity index (χ4n) is 1.46. The Kier molecular flexibility index (Phi) is 6.79. The van der Waals surface area contributed by atoms with Gasteiger partial charge in [-0.25, -0.2) is 4.99 Å². The van der Waals surface area contributed by atoms with Crippen molar-refractivity contribution >= 4 is 11.9 Å². The van der Waals surface area contributed by atoms with Crippen molar-refractivity contribution in [3.05, 3.63) is 24.2 Å². The minimum Gasteiger partial charge on any atom is -0.462 e. The Morgan fingerprint density at radius 3 is 2.80 bits per heavy atom. The summed E-state index contributed by atoms with van der Waals surface area (Å²) in [5, 5.41) is 2.62. The van der Waals surface area contributed by atoms with Gasteiger partial charge in [-0.05, 0) is 53.0 Å². The number of nitrogens with zero attached hydrogens (tertiary/aromatic N) is 2. The maximum atomic E-state index is 11.9. The Morgan fingerprint density at radius 2 is 2.25 bits per heavy atom. The molecule has 0 saturated carbocycles. The molecule has 0 aromatic carbocycles. The number of carbonyl (C=O) groups is 1. The zero-order valence-corrected chi connectivity index (χ0v) is 12.5. The van der Waals surface area contributed by atoms with Crippen molar-refractivity contribution in [2.45, 2.75) is 26.4 Å². The second-order valence-electron chi connectivity index (χ2n) is 4.94. The summed E-state index contributed by atoms with van der Waals surface area (Å²) in [6, 6.07) is 3.49. The van der Waals surface area contributed by atoms with Crippen LogP contribution >= 0.6 is 0 Å². The highest BCUT2D eigenvalue weighted by atomic mass is 16.5. The molecule has 1 aromatic heterocycles. The third-order valence-corrected chi connectivity index (χ3v) is 2.33. The van der Waals surface area contributed by atoms with E-state index in [4.69, 9.17) is 9.15 Å². The molecule has 0 unspecified atom stereocenters. The summed E-state index contributed by atoms with van der Waals surface area (Å²) >= 11 is 0. The van der Waals surface area contributed by atoms with E-state index in [2.05, 4.69) is 15.2 Å². The summed E-state index contributed by atoms with van der Waals surface area (Å²) < 4.78 is 10.5. The quantitative estimate of drug-likeness (QED) is 0.490. The van der Waals surface area contributed by atoms with Gasteiger partial charge in [-0.2, -0.15) is 0 Å². The zero-order valence-electron chi connectivity index (χ0n) is 12.5. The van der Waals surface area contributed by atoms with E-state index < -0.39 is 0 Å². The van der Waals surface area contributed by atoms with Crippen molar-refractivity contribution in [2.24, 2.45) is 4.99 Å². The minimum atomic E-state index is -0.359. The fraction of sp³-hybridized carbons (Fsp3) is 0.571. The molecule has 6 heteroatoms. The first-order valence-electron chi connectivity index (χ1n) is 6.69. The SMILES string of the molecule is CC(C)OC(=NCCCN(C)C)NC(=O)c1ccco1. The van der Waals surface area contributed by atoms with E-state index in [0.717, 1.165) is 13.0 Å². The molecule has 1 aromatic rings. The zero-order chi connectivity index (χ0) is 15.0. The van der Waals surface area contributed by atoms with Crippen molar-refractivity contribution in [1.82, 2.24) is 10.2 Å². The number of amides is 1. The third-order valence-electron chi connectivity index (χ3n) is 2.33. The molecule has 0 aliphatic rings. The van der Waals surface area contributed by atoms with Crippen molar-refractivity contribution in [1.29, 1.82) is 0 Å². The van der Waals surface area contributed by atoms with E-state index in [1.54, 1.807) is 12.1 Å². The van der Waals surface area contributed by atoms with Gasteiger partial charge >= 0.3 is 0 Å². The summed E-state index contributed by atoms with van der Waals surface area (Å²) in [6.07, 6.45) is 2.29. The average molecular weight is 281 g/mol. The van der Waals surface area contributed by atoms with Gasteiger partial charge in [0.1, 0.15) is 0 Å². The number of nitrogens with one attached hydrogen (secondary N) is 1. The molecular formula is C14H23N3O3. The highest BCUT2D eigenvalue weighted by Gasteiger charge is 2.13. The molecule has 0 bridgehead atoms. The first-order chi connectivity index (χ1) is 9.49. The van der Waals surface area contributed by atoms with Gasteiger partial charge in [-0.1, -0.05) is 0 Å². The van der Waals surface area contributed by atoms with Crippen LogP contribution in [0.4, 0.5) is 0 Å². The highest BCUT2D eigenvalue weighted by molar-refractivity contribution is 6.02. The fourth-order valence-corrected chi connectivity index (χ4v) is 1.46. The van der Waals surface area contributed by atoms with Gasteiger partial charge in [0.2, 0.25) is 0 Å². The first-order valence-corrected chi connectivity index (χ1v) is 6.69. The molecular weight excluding hydrogens is 258 g/mol. The van der Waals surface area contributed by atoms with Crippen molar-refractivity contribution < 1.29 is 13.9 Å². The van der Waals surface area contributed by atoms with E-state index in [0.29, 0.717) is 6.54 Å². The number of carbonyl (C=O) groups excluding carboxylic acids is 1. The predicted molar refractivity (Wildman–Crippen MR) is 77.9 cm³/mol. The molecule has 0 atom stereocenters. The van der Waals surface area contributed by atoms with Crippen LogP contribution in [0.1, 0.15) is 30.8 Å². The van der Waals surface area contributed by atoms with Crippen LogP contribution in [-0.2, 0) is 4.74 Å². The molecule has 20 heavy (non-hydrogen) atoms. The summed E-state index contributed by atoms with van der Waals surface area (Å²) in [6.45, 7) is 5.30. The lowest BCUT2D eigenvalue weighted by molar-refractivity contribution is 0.0932. The lowest BCUT2D eigenvalue weighted by atomic mass is 10.4. The molecule has 0 radical (unpaired) electrons. The maximum Gasteiger partial charge on any atom is 0.294 e. The second kappa shape index (κ2) is 8.37. The van der Waals surface area contributed by atoms with Gasteiger partial charge in [0, 0.05) is 6.54 Å². The largest absolute Gasteiger partial charge is 0.462 e. The third kappa shape index (κ3) is 6.38. The molecule has 112 valence electrons. The Bertz CT molecular complexity index is 425. The summed E-state index contributed by atoms with van der Waals surface area (Å²) in [5.74, 6) is -0.125. The van der Waals surface area contributed by atoms with Crippen LogP contribution in [0, 0.1) is 0 Å². The summed E-state index contributed by atoms with van der Waals surface area (Å²) in [7, 11) is 4.02. The number of aliphatic imine (C=N–C) groups is 1. The first kappa shape index (κ1) is 16.2. The van der Waals surface area contributed by atoms with Crippen LogP contribution < -0.4 is 5.32 Å². The molecule has 1 heterocycles. The number of hydrogen-bond donors (Lipinski definition) is 1. The smallest absolute Gasteiger partial charge is 0.294 e. The van der Waals surface area contributed by atoms with Crippen molar-refractivity contribution in [2.75, 3.05) is 27.2 Å². The molecule has 1 amide bonds. The number of furan rings is 1. The monoisotopic (exact) mass is 281 g/mol. The molecule has 0 aliphatic carbocycles. The van der Waals surface area contributed by atoms with Crippen LogP contribution in [0.2, 0.25) is 0 Å². The lowest BCUT2D eigenvalue weighted by Gasteiger charge is -2.13. The van der Waals surface area contributed by atoms with Gasteiger partial charge in [-0.15, -0.1) is 0 Å². The molecule has 1 rings (SSSR count). The highest BCUT2D eigenvalue weighted by Crippen LogP contribution is 2.00. The summed E-state index contributed by atoms with van der Waals surface area (Å²) in [5.41, 5.74) is 0. The molecule has 6 nitrogen and oxygen atoms in total. The molecule has 0 saturated heterocycles. The van der Waals surface area contributed by atoms with Gasteiger partial charge in [0.05, 0.1) is 12.4 Å². The van der Waals surface area contributed by atoms with E-state index in [-0.39, 0.29) is 23.8 Å². The average Bonchev–Trinajstić information content (AvgIpc) is 2.87. The van der Waals surface area contributed by atoms with E-state index in [1.165, 1.54) is 6.26 Å². The van der Waals surface area contributed by atoms with Crippen LogP contribution in [0.5, 0.6) is 0 Å². The van der Waals surface area contributed by atoms with Gasteiger partial charge in [0.25, 0.3) is 11.9 Å². The number of ether oxygens (including phenoxy) is 1. The van der Waals surface area contributed by atoms with E-state index >= 15 is 0 Å². The Morgan fingerprint density at radius 1 is 1.50 bits per heavy atom. The molecule has 0 fully saturated rings. The Hall–Kier alpha value is -1.82. The minimum absolute atomic E-state index is 0.0560. The van der Waals surface area contributed by atoms with Crippen molar-refractivity contribution in [3.63, 3.8) is 0 Å². The van der Waals surface area contributed by atoms with Crippen LogP contribution in [0.3, 0.4) is 0 Å². The number of amidine groups is 1. The molecule has 0 spiro atoms. The Labute approximate surface area is 119 Å². The van der Waals surface area contributed by atoms with Crippen molar-refractivity contribution in [3.8, 4) is 0 Å². The van der Waals surface area contributed by atoms with Crippen LogP contribution in [0.25, 0.3) is 0 Å². The lowest BCUT2D eigenvalue weighted by Crippen LogP contribution is -2.34. The second-order valence-corrected chi connectivity index (χ2v) is 4.94.